The summed E-state index contributed by atoms with van der Waals surface area (Å²) in [5.74, 6) is 0.106. The first-order valence-corrected chi connectivity index (χ1v) is 8.13. The zero-order valence-corrected chi connectivity index (χ0v) is 12.8. The van der Waals surface area contributed by atoms with E-state index in [1.54, 1.807) is 6.21 Å². The maximum absolute atomic E-state index is 12.0. The van der Waals surface area contributed by atoms with Crippen LogP contribution < -0.4 is 11.2 Å². The summed E-state index contributed by atoms with van der Waals surface area (Å²) in [7, 11) is 0. The maximum Gasteiger partial charge on any atom is 0.225 e. The van der Waals surface area contributed by atoms with Crippen LogP contribution in [0.4, 0.5) is 5.69 Å². The van der Waals surface area contributed by atoms with Gasteiger partial charge in [0.2, 0.25) is 5.91 Å². The second-order valence-electron chi connectivity index (χ2n) is 6.30. The van der Waals surface area contributed by atoms with Gasteiger partial charge in [-0.1, -0.05) is 50.3 Å². The normalized spacial score (nSPS) is 19.5. The molecule has 0 saturated heterocycles. The van der Waals surface area contributed by atoms with E-state index in [0.29, 0.717) is 5.92 Å². The number of hydrogen-bond acceptors (Lipinski definition) is 3. The van der Waals surface area contributed by atoms with Gasteiger partial charge in [-0.05, 0) is 35.6 Å². The molecule has 1 unspecified atom stereocenters. The molecule has 1 aromatic carbocycles. The molecule has 1 atom stereocenters. The molecule has 0 bridgehead atoms. The number of carbonyl (C=O) groups is 1. The molecule has 116 valence electrons. The fraction of sp³-hybridized carbons (Fsp3) is 0.444. The van der Waals surface area contributed by atoms with E-state index < -0.39 is 0 Å². The van der Waals surface area contributed by atoms with Gasteiger partial charge in [0.25, 0.3) is 0 Å². The molecule has 4 nitrogen and oxygen atoms in total. The van der Waals surface area contributed by atoms with Crippen LogP contribution in [0.3, 0.4) is 0 Å². The number of amides is 1. The number of primary amides is 1. The van der Waals surface area contributed by atoms with Crippen LogP contribution in [0.1, 0.15) is 44.1 Å². The summed E-state index contributed by atoms with van der Waals surface area (Å²) in [4.78, 5) is 12.0. The van der Waals surface area contributed by atoms with Crippen LogP contribution in [-0.4, -0.2) is 12.1 Å². The highest BCUT2D eigenvalue weighted by molar-refractivity contribution is 5.97. The molecule has 0 spiro atoms. The van der Waals surface area contributed by atoms with Crippen molar-refractivity contribution in [2.24, 2.45) is 22.7 Å². The van der Waals surface area contributed by atoms with Gasteiger partial charge in [-0.25, -0.2) is 0 Å². The molecule has 4 heteroatoms. The minimum atomic E-state index is -0.250. The van der Waals surface area contributed by atoms with Crippen LogP contribution in [0.5, 0.6) is 0 Å². The van der Waals surface area contributed by atoms with Crippen LogP contribution in [0.25, 0.3) is 6.08 Å². The first kappa shape index (κ1) is 14.8. The minimum absolute atomic E-state index is 0.248. The van der Waals surface area contributed by atoms with Crippen LogP contribution >= 0.6 is 0 Å². The first-order chi connectivity index (χ1) is 10.7. The van der Waals surface area contributed by atoms with Crippen molar-refractivity contribution in [2.45, 2.75) is 38.5 Å². The highest BCUT2D eigenvalue weighted by atomic mass is 16.1. The third kappa shape index (κ3) is 3.38. The molecule has 1 aliphatic carbocycles. The van der Waals surface area contributed by atoms with E-state index in [1.165, 1.54) is 32.1 Å². The van der Waals surface area contributed by atoms with Crippen LogP contribution in [-0.2, 0) is 4.79 Å². The first-order valence-electron chi connectivity index (χ1n) is 8.13. The zero-order valence-electron chi connectivity index (χ0n) is 12.8. The molecular weight excluding hydrogens is 274 g/mol. The molecule has 0 radical (unpaired) electrons. The fourth-order valence-electron chi connectivity index (χ4n) is 3.48. The lowest BCUT2D eigenvalue weighted by Crippen LogP contribution is -2.28. The van der Waals surface area contributed by atoms with E-state index in [4.69, 9.17) is 5.73 Å². The average Bonchev–Trinajstić information content (AvgIpc) is 2.75. The van der Waals surface area contributed by atoms with Crippen molar-refractivity contribution < 1.29 is 4.79 Å². The van der Waals surface area contributed by atoms with E-state index in [1.807, 2.05) is 30.3 Å². The second kappa shape index (κ2) is 6.77. The van der Waals surface area contributed by atoms with Crippen molar-refractivity contribution in [3.63, 3.8) is 0 Å². The summed E-state index contributed by atoms with van der Waals surface area (Å²) >= 11 is 0. The number of fused-ring (bicyclic) bond motifs is 1. The number of carbonyl (C=O) groups excluding carboxylic acids is 1. The van der Waals surface area contributed by atoms with Crippen molar-refractivity contribution in [1.82, 2.24) is 0 Å². The number of hydrazone groups is 1. The van der Waals surface area contributed by atoms with Crippen LogP contribution in [0, 0.1) is 11.8 Å². The Kier molecular flexibility index (Phi) is 4.56. The highest BCUT2D eigenvalue weighted by Crippen LogP contribution is 2.32. The van der Waals surface area contributed by atoms with Crippen LogP contribution in [0.15, 0.2) is 34.9 Å². The van der Waals surface area contributed by atoms with Gasteiger partial charge in [-0.3, -0.25) is 10.2 Å². The van der Waals surface area contributed by atoms with Gasteiger partial charge in [0.1, 0.15) is 0 Å². The Bertz CT molecular complexity index is 600. The molecule has 22 heavy (non-hydrogen) atoms. The molecule has 2 aliphatic rings. The van der Waals surface area contributed by atoms with Gasteiger partial charge in [0.05, 0.1) is 17.8 Å². The monoisotopic (exact) mass is 297 g/mol. The second-order valence-corrected chi connectivity index (χ2v) is 6.30. The van der Waals surface area contributed by atoms with Crippen molar-refractivity contribution in [3.8, 4) is 0 Å². The Balaban J connectivity index is 1.84. The Morgan fingerprint density at radius 2 is 2.05 bits per heavy atom. The van der Waals surface area contributed by atoms with Gasteiger partial charge in [0, 0.05) is 0 Å². The summed E-state index contributed by atoms with van der Waals surface area (Å²) in [5.41, 5.74) is 11.6. The molecule has 1 saturated carbocycles. The number of para-hydroxylation sites is 1. The predicted octanol–water partition coefficient (Wildman–Crippen LogP) is 3.55. The zero-order chi connectivity index (χ0) is 15.4. The summed E-state index contributed by atoms with van der Waals surface area (Å²) in [6, 6.07) is 7.95. The number of nitrogens with zero attached hydrogens (tertiary/aromatic N) is 1. The maximum atomic E-state index is 12.0. The lowest BCUT2D eigenvalue weighted by Gasteiger charge is -2.25. The van der Waals surface area contributed by atoms with Crippen molar-refractivity contribution in [2.75, 3.05) is 5.43 Å². The quantitative estimate of drug-likeness (QED) is 0.892. The number of nitrogens with two attached hydrogens (primary N) is 1. The van der Waals surface area contributed by atoms with Gasteiger partial charge in [-0.2, -0.15) is 5.10 Å². The Hall–Kier alpha value is -2.10. The number of anilines is 1. The lowest BCUT2D eigenvalue weighted by atomic mass is 9.80. The number of benzene rings is 1. The molecule has 1 aromatic rings. The van der Waals surface area contributed by atoms with Gasteiger partial charge < -0.3 is 5.73 Å². The molecular formula is C18H23N3O. The van der Waals surface area contributed by atoms with Gasteiger partial charge >= 0.3 is 0 Å². The van der Waals surface area contributed by atoms with E-state index >= 15 is 0 Å². The molecule has 0 aromatic heterocycles. The highest BCUT2D eigenvalue weighted by Gasteiger charge is 2.26. The Labute approximate surface area is 131 Å². The number of hydrogen-bond donors (Lipinski definition) is 2. The largest absolute Gasteiger partial charge is 0.369 e. The van der Waals surface area contributed by atoms with Gasteiger partial charge in [-0.15, -0.1) is 0 Å². The van der Waals surface area contributed by atoms with Gasteiger partial charge in [0.15, 0.2) is 0 Å². The number of nitrogens with one attached hydrogen (secondary N) is 1. The Morgan fingerprint density at radius 3 is 2.82 bits per heavy atom. The third-order valence-corrected chi connectivity index (χ3v) is 4.72. The Morgan fingerprint density at radius 1 is 1.27 bits per heavy atom. The fourth-order valence-corrected chi connectivity index (χ4v) is 3.48. The van der Waals surface area contributed by atoms with Crippen molar-refractivity contribution in [1.29, 1.82) is 0 Å². The summed E-state index contributed by atoms with van der Waals surface area (Å²) < 4.78 is 0. The minimum Gasteiger partial charge on any atom is -0.369 e. The topological polar surface area (TPSA) is 67.5 Å². The molecule has 1 fully saturated rings. The summed E-state index contributed by atoms with van der Waals surface area (Å²) in [6.45, 7) is 0. The SMILES string of the molecule is NC(=O)C(CC1CCCCC1)C1=Cc2ccccc2NN=C1. The van der Waals surface area contributed by atoms with Crippen molar-refractivity contribution in [3.05, 3.63) is 35.4 Å². The average molecular weight is 297 g/mol. The predicted molar refractivity (Wildman–Crippen MR) is 90.4 cm³/mol. The molecule has 3 N–H and O–H groups in total. The van der Waals surface area contributed by atoms with E-state index in [2.05, 4.69) is 10.5 Å². The van der Waals surface area contributed by atoms with Crippen LogP contribution in [0.2, 0.25) is 0 Å². The van der Waals surface area contributed by atoms with E-state index in [0.717, 1.165) is 23.2 Å². The molecule has 1 amide bonds. The molecule has 3 rings (SSSR count). The van der Waals surface area contributed by atoms with Crippen molar-refractivity contribution >= 4 is 23.9 Å². The summed E-state index contributed by atoms with van der Waals surface area (Å²) in [5, 5.41) is 4.24. The standard InChI is InChI=1S/C18H23N3O/c19-18(22)16(10-13-6-2-1-3-7-13)15-11-14-8-4-5-9-17(14)21-20-12-15/h4-5,8-9,11-13,16,21H,1-3,6-7,10H2,(H2,19,22). The smallest absolute Gasteiger partial charge is 0.225 e. The summed E-state index contributed by atoms with van der Waals surface area (Å²) in [6.07, 6.45) is 10.9. The number of rotatable bonds is 4. The van der Waals surface area contributed by atoms with E-state index in [-0.39, 0.29) is 11.8 Å². The molecule has 1 heterocycles. The molecule has 1 aliphatic heterocycles. The van der Waals surface area contributed by atoms with E-state index in [9.17, 15) is 4.79 Å². The lowest BCUT2D eigenvalue weighted by molar-refractivity contribution is -0.121. The third-order valence-electron chi connectivity index (χ3n) is 4.72.